The molecule has 0 rings (SSSR count). The molecule has 0 saturated heterocycles. The van der Waals surface area contributed by atoms with Crippen molar-refractivity contribution >= 4 is 96.3 Å². The van der Waals surface area contributed by atoms with Crippen LogP contribution in [0.15, 0.2) is 20.0 Å². The Kier molecular flexibility index (Phi) is 64.5. The van der Waals surface area contributed by atoms with Crippen molar-refractivity contribution in [1.82, 2.24) is 37.2 Å². The van der Waals surface area contributed by atoms with Gasteiger partial charge in [0.1, 0.15) is 49.9 Å². The molecule has 0 radical (unpaired) electrons. The highest BCUT2D eigenvalue weighted by atomic mass is 32.2. The second-order valence-electron chi connectivity index (χ2n) is 29.5. The number of carbonyl (C=O) groups is 10. The van der Waals surface area contributed by atoms with E-state index >= 15 is 0 Å². The molecule has 6 unspecified atom stereocenters. The standard InChI is InChI=1S/C77H149N21O14S/c1-5-7-9-11-13-15-17-19-21-23-25-33-54(3)72(109)111-51-60(112-73(110)55(4)34-26-24-22-20-18-16-14-12-10-8-6-2)52-113-53-62(78)69(106)97-64(50-104)71(108)98-63(49-103)70(107)88-40-28-27-39-61(66(79)105)65(67(93-56(45-99)35-29-41-89-74(80)81)94-57(46-100)36-30-42-90-75(82)83)68(95-58(47-101)37-31-43-91-76(84)85)96-59(48-102)38-32-44-92-77(86)87/h45-48,54-65,67-68,93-96,103-104H,5-44,49-53,78H2,1-4H3,(H2,79,105)(H,88,107)(H,97,106)(H,98,108)(H4,80,81,89)(H4,82,83,90)(H4,84,85,91)(H4,86,87,92)/t54?,55?,56-,57-,58-,59-,60?,61?,62?,63?,64-/m0/s1. The number of amides is 4. The highest BCUT2D eigenvalue weighted by Crippen LogP contribution is 2.28. The van der Waals surface area contributed by atoms with E-state index in [4.69, 9.17) is 66.8 Å². The summed E-state index contributed by atoms with van der Waals surface area (Å²) in [5, 5.41) is 41.2. The lowest BCUT2D eigenvalue weighted by Crippen LogP contribution is -2.67. The van der Waals surface area contributed by atoms with Crippen LogP contribution in [0.1, 0.15) is 252 Å². The van der Waals surface area contributed by atoms with Crippen LogP contribution >= 0.6 is 11.8 Å². The van der Waals surface area contributed by atoms with Crippen LogP contribution in [0.25, 0.3) is 0 Å². The highest BCUT2D eigenvalue weighted by Gasteiger charge is 2.42. The second kappa shape index (κ2) is 69.0. The maximum Gasteiger partial charge on any atom is 0.309 e. The smallest absolute Gasteiger partial charge is 0.309 e. The van der Waals surface area contributed by atoms with Gasteiger partial charge in [-0.25, -0.2) is 0 Å². The number of carbonyl (C=O) groups excluding carboxylic acids is 10. The Morgan fingerprint density at radius 3 is 1.10 bits per heavy atom. The van der Waals surface area contributed by atoms with E-state index in [-0.39, 0.29) is 151 Å². The summed E-state index contributed by atoms with van der Waals surface area (Å²) in [6.45, 7) is 6.39. The molecule has 0 fully saturated rings. The minimum atomic E-state index is -1.64. The van der Waals surface area contributed by atoms with E-state index in [2.05, 4.69) is 71.0 Å². The van der Waals surface area contributed by atoms with Gasteiger partial charge in [0.2, 0.25) is 23.6 Å². The second-order valence-corrected chi connectivity index (χ2v) is 30.6. The number of rotatable bonds is 77. The number of ether oxygens (including phenoxy) is 2. The van der Waals surface area contributed by atoms with Gasteiger partial charge in [-0.2, -0.15) is 11.8 Å². The average Bonchev–Trinajstić information content (AvgIpc) is 0.808. The molecule has 0 saturated carbocycles. The maximum absolute atomic E-state index is 14.2. The molecule has 11 atom stereocenters. The maximum atomic E-state index is 14.2. The number of aliphatic hydroxyl groups excluding tert-OH is 2. The summed E-state index contributed by atoms with van der Waals surface area (Å²) < 4.78 is 11.7. The van der Waals surface area contributed by atoms with Gasteiger partial charge in [-0.15, -0.1) is 0 Å². The van der Waals surface area contributed by atoms with E-state index < -0.39 is 127 Å². The Labute approximate surface area is 676 Å². The van der Waals surface area contributed by atoms with Gasteiger partial charge in [-0.1, -0.05) is 175 Å². The Hall–Kier alpha value is -7.35. The van der Waals surface area contributed by atoms with Crippen molar-refractivity contribution < 1.29 is 67.6 Å². The van der Waals surface area contributed by atoms with Gasteiger partial charge >= 0.3 is 11.9 Å². The number of guanidine groups is 4. The van der Waals surface area contributed by atoms with Crippen LogP contribution in [-0.2, 0) is 57.4 Å². The first-order valence-electron chi connectivity index (χ1n) is 41.4. The van der Waals surface area contributed by atoms with Crippen molar-refractivity contribution in [3.05, 3.63) is 0 Å². The molecular weight excluding hydrogens is 1480 g/mol. The summed E-state index contributed by atoms with van der Waals surface area (Å²) in [5.41, 5.74) is 57.3. The lowest BCUT2D eigenvalue weighted by molar-refractivity contribution is -0.162. The molecule has 0 spiro atoms. The van der Waals surface area contributed by atoms with Gasteiger partial charge in [0.05, 0.1) is 67.6 Å². The molecule has 0 aliphatic rings. The molecule has 4 amide bonds. The number of aliphatic imine (C=N–C) groups is 4. The summed E-state index contributed by atoms with van der Waals surface area (Å²) in [6, 6.07) is -8.58. The lowest BCUT2D eigenvalue weighted by atomic mass is 9.81. The number of aliphatic hydroxyl groups is 2. The molecule has 0 aromatic carbocycles. The van der Waals surface area contributed by atoms with Gasteiger partial charge in [-0.3, -0.25) is 70.0 Å². The van der Waals surface area contributed by atoms with Crippen LogP contribution in [-0.4, -0.2) is 220 Å². The number of nitrogens with one attached hydrogen (secondary N) is 7. The predicted octanol–water partition coefficient (Wildman–Crippen LogP) is 1.63. The number of primary amides is 1. The largest absolute Gasteiger partial charge is 0.461 e. The molecule has 0 bridgehead atoms. The van der Waals surface area contributed by atoms with Crippen LogP contribution in [0.3, 0.4) is 0 Å². The summed E-state index contributed by atoms with van der Waals surface area (Å²) in [5.74, 6) is -8.43. The van der Waals surface area contributed by atoms with Gasteiger partial charge in [0.15, 0.2) is 23.8 Å². The number of unbranched alkanes of at least 4 members (excludes halogenated alkanes) is 21. The molecule has 36 heteroatoms. The van der Waals surface area contributed by atoms with Gasteiger partial charge in [0.25, 0.3) is 0 Å². The number of hydrogen-bond donors (Lipinski definition) is 19. The van der Waals surface area contributed by atoms with Crippen molar-refractivity contribution in [2.75, 3.05) is 64.1 Å². The van der Waals surface area contributed by atoms with Crippen LogP contribution in [0.2, 0.25) is 0 Å². The predicted molar refractivity (Wildman–Crippen MR) is 447 cm³/mol. The number of esters is 2. The van der Waals surface area contributed by atoms with Crippen LogP contribution < -0.4 is 94.6 Å². The molecule has 0 aliphatic heterocycles. The van der Waals surface area contributed by atoms with Gasteiger partial charge in [-0.05, 0) is 77.0 Å². The number of nitrogens with zero attached hydrogens (tertiary/aromatic N) is 4. The molecule has 35 nitrogen and oxygen atoms in total. The topological polar surface area (TPSA) is 623 Å². The Morgan fingerprint density at radius 1 is 0.416 bits per heavy atom. The summed E-state index contributed by atoms with van der Waals surface area (Å²) in [6.07, 6.45) is 28.1. The number of thioether (sulfide) groups is 1. The summed E-state index contributed by atoms with van der Waals surface area (Å²) in [7, 11) is 0. The fourth-order valence-corrected chi connectivity index (χ4v) is 13.8. The Bertz CT molecular complexity index is 2560. The van der Waals surface area contributed by atoms with E-state index in [9.17, 15) is 58.2 Å². The zero-order chi connectivity index (χ0) is 84.4. The highest BCUT2D eigenvalue weighted by molar-refractivity contribution is 7.99. The molecule has 113 heavy (non-hydrogen) atoms. The lowest BCUT2D eigenvalue weighted by Gasteiger charge is -2.43. The molecule has 0 aromatic heterocycles. The molecule has 29 N–H and O–H groups in total. The van der Waals surface area contributed by atoms with E-state index in [1.165, 1.54) is 96.3 Å². The minimum Gasteiger partial charge on any atom is -0.461 e. The molecule has 0 heterocycles. The summed E-state index contributed by atoms with van der Waals surface area (Å²) >= 11 is 1.16. The quantitative estimate of drug-likeness (QED) is 0.0103. The van der Waals surface area contributed by atoms with E-state index in [1.54, 1.807) is 0 Å². The van der Waals surface area contributed by atoms with Crippen molar-refractivity contribution in [1.29, 1.82) is 0 Å². The summed E-state index contributed by atoms with van der Waals surface area (Å²) in [4.78, 5) is 150. The zero-order valence-corrected chi connectivity index (χ0v) is 69.3. The fraction of sp³-hybridized carbons (Fsp3) is 0.818. The fourth-order valence-electron chi connectivity index (χ4n) is 12.8. The first-order valence-corrected chi connectivity index (χ1v) is 42.6. The normalized spacial score (nSPS) is 14.3. The SMILES string of the molecule is CCCCCCCCCCCCCC(C)C(=O)OCC(CSCC(N)C(=O)N[C@@H](CO)C(=O)NC(CO)C(=O)NCCCCC(C(N)=O)C(C(N[C@H](C=O)CCCN=C(N)N)N[C@H](C=O)CCCN=C(N)N)C(N[C@H](C=O)CCCN=C(N)N)N[C@H](C=O)CCCN=C(N)N)OC(=O)C(C)CCCCCCCCCCCCC. The molecular formula is C77H149N21O14S. The average molecular weight is 1630 g/mol. The Morgan fingerprint density at radius 2 is 0.752 bits per heavy atom. The van der Waals surface area contributed by atoms with Gasteiger partial charge < -0.3 is 112 Å². The third kappa shape index (κ3) is 55.0. The van der Waals surface area contributed by atoms with E-state index in [0.717, 1.165) is 56.7 Å². The van der Waals surface area contributed by atoms with Crippen molar-refractivity contribution in [3.63, 3.8) is 0 Å². The number of aldehydes is 4. The first kappa shape index (κ1) is 106. The molecule has 0 aromatic rings. The molecule has 0 aliphatic carbocycles. The first-order chi connectivity index (χ1) is 54.2. The van der Waals surface area contributed by atoms with Crippen molar-refractivity contribution in [2.45, 2.75) is 313 Å². The van der Waals surface area contributed by atoms with E-state index in [0.29, 0.717) is 38.0 Å². The van der Waals surface area contributed by atoms with Crippen LogP contribution in [0.5, 0.6) is 0 Å². The van der Waals surface area contributed by atoms with Gasteiger partial charge in [0, 0.05) is 56.1 Å². The Balaban J connectivity index is 6.70. The zero-order valence-electron chi connectivity index (χ0n) is 68.5. The third-order valence-corrected chi connectivity index (χ3v) is 20.7. The van der Waals surface area contributed by atoms with E-state index in [1.807, 2.05) is 13.8 Å². The van der Waals surface area contributed by atoms with Crippen LogP contribution in [0.4, 0.5) is 0 Å². The van der Waals surface area contributed by atoms with Crippen molar-refractivity contribution in [3.8, 4) is 0 Å². The van der Waals surface area contributed by atoms with Crippen molar-refractivity contribution in [2.24, 2.45) is 101 Å². The third-order valence-electron chi connectivity index (χ3n) is 19.5. The molecule has 652 valence electrons. The van der Waals surface area contributed by atoms with Crippen LogP contribution in [0, 0.1) is 23.7 Å². The monoisotopic (exact) mass is 1620 g/mol. The number of nitrogens with two attached hydrogens (primary N) is 10. The number of hydrogen-bond acceptors (Lipinski definition) is 24. The minimum absolute atomic E-state index is 0.0535.